The van der Waals surface area contributed by atoms with Crippen LogP contribution in [0.25, 0.3) is 0 Å². The molecule has 0 spiro atoms. The molecule has 0 aliphatic carbocycles. The molecule has 0 aliphatic heterocycles. The number of hydrogen-bond acceptors (Lipinski definition) is 2. The van der Waals surface area contributed by atoms with E-state index in [9.17, 15) is 4.79 Å². The third kappa shape index (κ3) is 9.26. The molecule has 0 amide bonds. The molecule has 0 rings (SSSR count). The fraction of sp³-hybridized carbons (Fsp3) is 0.929. The van der Waals surface area contributed by atoms with Gasteiger partial charge in [-0.25, -0.2) is 0 Å². The highest BCUT2D eigenvalue weighted by Crippen LogP contribution is 2.24. The summed E-state index contributed by atoms with van der Waals surface area (Å²) < 4.78 is 0. The van der Waals surface area contributed by atoms with Crippen LogP contribution in [0.5, 0.6) is 0 Å². The summed E-state index contributed by atoms with van der Waals surface area (Å²) in [6.45, 7) is 8.79. The lowest BCUT2D eigenvalue weighted by atomic mass is 9.90. The maximum atomic E-state index is 11.6. The van der Waals surface area contributed by atoms with Crippen LogP contribution in [0.3, 0.4) is 0 Å². The molecule has 1 unspecified atom stereocenters. The second-order valence-electron chi connectivity index (χ2n) is 5.00. The summed E-state index contributed by atoms with van der Waals surface area (Å²) in [6.07, 6.45) is 7.11. The monoisotopic (exact) mass is 244 g/mol. The van der Waals surface area contributed by atoms with Gasteiger partial charge in [-0.05, 0) is 30.4 Å². The third-order valence-electron chi connectivity index (χ3n) is 2.78. The molecule has 0 aromatic rings. The normalized spacial score (nSPS) is 13.1. The van der Waals surface area contributed by atoms with E-state index in [2.05, 4.69) is 27.7 Å². The maximum Gasteiger partial charge on any atom is 0.189 e. The summed E-state index contributed by atoms with van der Waals surface area (Å²) in [4.78, 5) is 11.6. The van der Waals surface area contributed by atoms with E-state index in [1.807, 2.05) is 0 Å². The summed E-state index contributed by atoms with van der Waals surface area (Å²) in [5.41, 5.74) is 0. The Morgan fingerprint density at radius 2 is 1.88 bits per heavy atom. The molecule has 0 saturated heterocycles. The van der Waals surface area contributed by atoms with Crippen LogP contribution in [0.15, 0.2) is 0 Å². The standard InChI is InChI=1S/C14H28OS/c1-5-7-8-9-13(10-12(3)4)11-14(15)16-6-2/h12-13H,5-11H2,1-4H3. The number of carbonyl (C=O) groups excluding carboxylic acids is 1. The second kappa shape index (κ2) is 10.2. The molecular formula is C14H28OS. The van der Waals surface area contributed by atoms with Gasteiger partial charge in [0.05, 0.1) is 0 Å². The third-order valence-corrected chi connectivity index (χ3v) is 3.56. The Hall–Kier alpha value is 0.0200. The van der Waals surface area contributed by atoms with Gasteiger partial charge in [-0.15, -0.1) is 0 Å². The molecule has 16 heavy (non-hydrogen) atoms. The summed E-state index contributed by atoms with van der Waals surface area (Å²) in [7, 11) is 0. The lowest BCUT2D eigenvalue weighted by Gasteiger charge is -2.17. The Morgan fingerprint density at radius 1 is 1.19 bits per heavy atom. The van der Waals surface area contributed by atoms with Gasteiger partial charge in [-0.3, -0.25) is 4.79 Å². The molecular weight excluding hydrogens is 216 g/mol. The minimum Gasteiger partial charge on any atom is -0.287 e. The van der Waals surface area contributed by atoms with Gasteiger partial charge >= 0.3 is 0 Å². The topological polar surface area (TPSA) is 17.1 Å². The summed E-state index contributed by atoms with van der Waals surface area (Å²) >= 11 is 1.49. The first kappa shape index (κ1) is 16.0. The van der Waals surface area contributed by atoms with E-state index < -0.39 is 0 Å². The fourth-order valence-corrected chi connectivity index (χ4v) is 2.78. The Kier molecular flexibility index (Phi) is 10.2. The van der Waals surface area contributed by atoms with Crippen LogP contribution < -0.4 is 0 Å². The van der Waals surface area contributed by atoms with Crippen molar-refractivity contribution in [2.45, 2.75) is 66.2 Å². The molecule has 0 N–H and O–H groups in total. The van der Waals surface area contributed by atoms with E-state index in [-0.39, 0.29) is 0 Å². The molecule has 0 aromatic carbocycles. The highest BCUT2D eigenvalue weighted by atomic mass is 32.2. The predicted octanol–water partition coefficient (Wildman–Crippen LogP) is 4.90. The molecule has 0 fully saturated rings. The SMILES string of the molecule is CCCCCC(CC(=O)SCC)CC(C)C. The van der Waals surface area contributed by atoms with Crippen molar-refractivity contribution in [3.8, 4) is 0 Å². The van der Waals surface area contributed by atoms with E-state index in [0.29, 0.717) is 17.0 Å². The lowest BCUT2D eigenvalue weighted by Crippen LogP contribution is -2.09. The van der Waals surface area contributed by atoms with Crippen molar-refractivity contribution >= 4 is 16.9 Å². The first-order valence-electron chi connectivity index (χ1n) is 6.75. The molecule has 0 aliphatic rings. The summed E-state index contributed by atoms with van der Waals surface area (Å²) in [5, 5.41) is 0.393. The molecule has 1 atom stereocenters. The van der Waals surface area contributed by atoms with Crippen molar-refractivity contribution in [2.75, 3.05) is 5.75 Å². The van der Waals surface area contributed by atoms with Crippen LogP contribution in [0, 0.1) is 11.8 Å². The lowest BCUT2D eigenvalue weighted by molar-refractivity contribution is -0.111. The van der Waals surface area contributed by atoms with E-state index in [4.69, 9.17) is 0 Å². The van der Waals surface area contributed by atoms with Crippen molar-refractivity contribution in [3.63, 3.8) is 0 Å². The highest BCUT2D eigenvalue weighted by Gasteiger charge is 2.15. The molecule has 1 nitrogen and oxygen atoms in total. The second-order valence-corrected chi connectivity index (χ2v) is 6.32. The molecule has 0 aromatic heterocycles. The molecule has 2 heteroatoms. The Balaban J connectivity index is 3.93. The predicted molar refractivity (Wildman–Crippen MR) is 74.8 cm³/mol. The Morgan fingerprint density at radius 3 is 2.38 bits per heavy atom. The minimum atomic E-state index is 0.393. The van der Waals surface area contributed by atoms with Crippen molar-refractivity contribution in [3.05, 3.63) is 0 Å². The smallest absolute Gasteiger partial charge is 0.189 e. The van der Waals surface area contributed by atoms with Gasteiger partial charge < -0.3 is 0 Å². The highest BCUT2D eigenvalue weighted by molar-refractivity contribution is 8.13. The summed E-state index contributed by atoms with van der Waals surface area (Å²) in [5.74, 6) is 2.26. The van der Waals surface area contributed by atoms with Crippen LogP contribution in [0.1, 0.15) is 66.2 Å². The number of hydrogen-bond donors (Lipinski definition) is 0. The molecule has 0 radical (unpaired) electrons. The fourth-order valence-electron chi connectivity index (χ4n) is 2.11. The van der Waals surface area contributed by atoms with Gasteiger partial charge in [0.25, 0.3) is 0 Å². The molecule has 0 bridgehead atoms. The average molecular weight is 244 g/mol. The van der Waals surface area contributed by atoms with E-state index in [1.165, 1.54) is 43.9 Å². The van der Waals surface area contributed by atoms with Gasteiger partial charge in [0.2, 0.25) is 0 Å². The minimum absolute atomic E-state index is 0.393. The Bertz CT molecular complexity index is 178. The van der Waals surface area contributed by atoms with Crippen molar-refractivity contribution < 1.29 is 4.79 Å². The van der Waals surface area contributed by atoms with Crippen LogP contribution >= 0.6 is 11.8 Å². The van der Waals surface area contributed by atoms with Crippen molar-refractivity contribution in [1.82, 2.24) is 0 Å². The summed E-state index contributed by atoms with van der Waals surface area (Å²) in [6, 6.07) is 0. The number of rotatable bonds is 9. The first-order chi connectivity index (χ1) is 7.60. The molecule has 0 heterocycles. The van der Waals surface area contributed by atoms with Gasteiger partial charge in [-0.2, -0.15) is 0 Å². The average Bonchev–Trinajstić information content (AvgIpc) is 2.17. The van der Waals surface area contributed by atoms with E-state index in [0.717, 1.165) is 12.2 Å². The van der Waals surface area contributed by atoms with Gasteiger partial charge in [0.1, 0.15) is 0 Å². The van der Waals surface area contributed by atoms with Gasteiger partial charge in [-0.1, -0.05) is 58.7 Å². The zero-order valence-electron chi connectivity index (χ0n) is 11.4. The first-order valence-corrected chi connectivity index (χ1v) is 7.74. The maximum absolute atomic E-state index is 11.6. The number of carbonyl (C=O) groups is 1. The Labute approximate surface area is 106 Å². The van der Waals surface area contributed by atoms with Crippen LogP contribution in [-0.2, 0) is 4.79 Å². The van der Waals surface area contributed by atoms with Crippen LogP contribution in [-0.4, -0.2) is 10.9 Å². The molecule has 0 saturated carbocycles. The van der Waals surface area contributed by atoms with Crippen molar-refractivity contribution in [1.29, 1.82) is 0 Å². The zero-order valence-corrected chi connectivity index (χ0v) is 12.2. The molecule has 96 valence electrons. The van der Waals surface area contributed by atoms with Crippen LogP contribution in [0.2, 0.25) is 0 Å². The van der Waals surface area contributed by atoms with Crippen LogP contribution in [0.4, 0.5) is 0 Å². The number of thioether (sulfide) groups is 1. The van der Waals surface area contributed by atoms with E-state index >= 15 is 0 Å². The zero-order chi connectivity index (χ0) is 12.4. The van der Waals surface area contributed by atoms with E-state index in [1.54, 1.807) is 0 Å². The number of unbranched alkanes of at least 4 members (excludes halogenated alkanes) is 2. The van der Waals surface area contributed by atoms with Gasteiger partial charge in [0.15, 0.2) is 5.12 Å². The largest absolute Gasteiger partial charge is 0.287 e. The quantitative estimate of drug-likeness (QED) is 0.537. The van der Waals surface area contributed by atoms with Crippen molar-refractivity contribution in [2.24, 2.45) is 11.8 Å². The van der Waals surface area contributed by atoms with Gasteiger partial charge in [0, 0.05) is 6.42 Å².